The number of hydrogen-bond donors (Lipinski definition) is 1. The number of carbonyl (C=O) groups excluding carboxylic acids is 1. The van der Waals surface area contributed by atoms with Crippen LogP contribution in [0.5, 0.6) is 0 Å². The van der Waals surface area contributed by atoms with Crippen molar-refractivity contribution in [3.05, 3.63) is 96.6 Å². The number of amides is 1. The van der Waals surface area contributed by atoms with E-state index in [-0.39, 0.29) is 11.7 Å². The summed E-state index contributed by atoms with van der Waals surface area (Å²) in [4.78, 5) is 17.3. The Morgan fingerprint density at radius 1 is 0.909 bits per heavy atom. The lowest BCUT2D eigenvalue weighted by molar-refractivity contribution is -0.118. The Morgan fingerprint density at radius 3 is 2.15 bits per heavy atom. The van der Waals surface area contributed by atoms with Crippen molar-refractivity contribution in [2.45, 2.75) is 18.1 Å². The molecule has 0 unspecified atom stereocenters. The van der Waals surface area contributed by atoms with Gasteiger partial charge in [0.25, 0.3) is 0 Å². The summed E-state index contributed by atoms with van der Waals surface area (Å²) >= 11 is 1.41. The number of nitrogens with zero attached hydrogens (tertiary/aromatic N) is 3. The highest BCUT2D eigenvalue weighted by molar-refractivity contribution is 7.99. The molecule has 1 N–H and O–H groups in total. The fraction of sp³-hybridized carbons (Fsp3) is 0.148. The summed E-state index contributed by atoms with van der Waals surface area (Å²) < 4.78 is 2.19. The van der Waals surface area contributed by atoms with Gasteiger partial charge in [-0.2, -0.15) is 5.26 Å². The molecule has 1 heterocycles. The van der Waals surface area contributed by atoms with Crippen molar-refractivity contribution >= 4 is 17.7 Å². The summed E-state index contributed by atoms with van der Waals surface area (Å²) in [6, 6.07) is 32.7. The van der Waals surface area contributed by atoms with E-state index in [0.29, 0.717) is 19.5 Å². The number of benzene rings is 3. The second-order valence-electron chi connectivity index (χ2n) is 7.44. The first-order chi connectivity index (χ1) is 16.3. The van der Waals surface area contributed by atoms with E-state index < -0.39 is 0 Å². The van der Waals surface area contributed by atoms with Gasteiger partial charge in [0.2, 0.25) is 5.91 Å². The quantitative estimate of drug-likeness (QED) is 0.273. The van der Waals surface area contributed by atoms with Gasteiger partial charge < -0.3 is 9.88 Å². The number of nitriles is 1. The number of nitrogens with one attached hydrogen (secondary N) is 1. The van der Waals surface area contributed by atoms with Crippen molar-refractivity contribution < 1.29 is 4.79 Å². The maximum atomic E-state index is 12.3. The highest BCUT2D eigenvalue weighted by Crippen LogP contribution is 2.36. The zero-order valence-electron chi connectivity index (χ0n) is 18.1. The third kappa shape index (κ3) is 5.71. The van der Waals surface area contributed by atoms with E-state index in [1.54, 1.807) is 0 Å². The van der Waals surface area contributed by atoms with Crippen LogP contribution >= 0.6 is 11.8 Å². The van der Waals surface area contributed by atoms with Crippen LogP contribution in [0.15, 0.2) is 96.2 Å². The molecular formula is C27H24N4OS. The van der Waals surface area contributed by atoms with E-state index in [1.807, 2.05) is 60.7 Å². The highest BCUT2D eigenvalue weighted by Gasteiger charge is 2.21. The van der Waals surface area contributed by atoms with Crippen LogP contribution in [0.4, 0.5) is 0 Å². The minimum Gasteiger partial charge on any atom is -0.354 e. The molecule has 0 atom stereocenters. The van der Waals surface area contributed by atoms with Crippen molar-refractivity contribution in [2.75, 3.05) is 12.3 Å². The Bertz CT molecular complexity index is 1230. The molecule has 0 fully saturated rings. The summed E-state index contributed by atoms with van der Waals surface area (Å²) in [5, 5.41) is 12.3. The molecular weight excluding hydrogens is 428 g/mol. The van der Waals surface area contributed by atoms with Gasteiger partial charge >= 0.3 is 0 Å². The first-order valence-electron chi connectivity index (χ1n) is 10.8. The molecule has 0 saturated heterocycles. The Balaban J connectivity index is 1.76. The normalized spacial score (nSPS) is 10.5. The molecule has 1 aromatic heterocycles. The topological polar surface area (TPSA) is 70.7 Å². The Labute approximate surface area is 198 Å². The summed E-state index contributed by atoms with van der Waals surface area (Å²) in [6.07, 6.45) is 0.301. The summed E-state index contributed by atoms with van der Waals surface area (Å²) in [7, 11) is 0. The van der Waals surface area contributed by atoms with Crippen molar-refractivity contribution in [1.29, 1.82) is 5.26 Å². The van der Waals surface area contributed by atoms with Crippen LogP contribution in [0.25, 0.3) is 22.5 Å². The number of hydrogen-bond acceptors (Lipinski definition) is 4. The van der Waals surface area contributed by atoms with E-state index in [9.17, 15) is 4.79 Å². The smallest absolute Gasteiger partial charge is 0.230 e. The van der Waals surface area contributed by atoms with Gasteiger partial charge in [-0.3, -0.25) is 4.79 Å². The molecule has 0 saturated carbocycles. The highest BCUT2D eigenvalue weighted by atomic mass is 32.2. The number of thioether (sulfide) groups is 1. The van der Waals surface area contributed by atoms with Crippen LogP contribution in [0.1, 0.15) is 12.0 Å². The summed E-state index contributed by atoms with van der Waals surface area (Å²) in [5.41, 5.74) is 5.18. The molecule has 3 aromatic carbocycles. The molecule has 0 aliphatic carbocycles. The fourth-order valence-corrected chi connectivity index (χ4v) is 4.41. The largest absolute Gasteiger partial charge is 0.354 e. The average Bonchev–Trinajstić information content (AvgIpc) is 3.22. The van der Waals surface area contributed by atoms with Gasteiger partial charge in [0.1, 0.15) is 0 Å². The first-order valence-corrected chi connectivity index (χ1v) is 11.8. The van der Waals surface area contributed by atoms with Gasteiger partial charge in [-0.25, -0.2) is 4.98 Å². The van der Waals surface area contributed by atoms with Crippen LogP contribution in [-0.4, -0.2) is 27.8 Å². The maximum Gasteiger partial charge on any atom is 0.230 e. The predicted molar refractivity (Wildman–Crippen MR) is 133 cm³/mol. The Morgan fingerprint density at radius 2 is 1.52 bits per heavy atom. The number of imidazole rings is 1. The van der Waals surface area contributed by atoms with E-state index in [0.717, 1.165) is 33.2 Å². The van der Waals surface area contributed by atoms with Gasteiger partial charge in [0.05, 0.1) is 36.2 Å². The third-order valence-electron chi connectivity index (χ3n) is 5.10. The lowest BCUT2D eigenvalue weighted by Crippen LogP contribution is -2.26. The molecule has 0 aliphatic rings. The predicted octanol–water partition coefficient (Wildman–Crippen LogP) is 5.39. The molecule has 4 aromatic rings. The molecule has 0 aliphatic heterocycles. The van der Waals surface area contributed by atoms with Crippen LogP contribution in [0.2, 0.25) is 0 Å². The minimum absolute atomic E-state index is 0.105. The van der Waals surface area contributed by atoms with Crippen molar-refractivity contribution in [3.63, 3.8) is 0 Å². The molecule has 1 amide bonds. The van der Waals surface area contributed by atoms with Crippen LogP contribution < -0.4 is 5.32 Å². The van der Waals surface area contributed by atoms with Gasteiger partial charge in [0, 0.05) is 17.7 Å². The van der Waals surface area contributed by atoms with Gasteiger partial charge in [0.15, 0.2) is 5.16 Å². The summed E-state index contributed by atoms with van der Waals surface area (Å²) in [5.74, 6) is 0.131. The van der Waals surface area contributed by atoms with Gasteiger partial charge in [-0.15, -0.1) is 0 Å². The zero-order chi connectivity index (χ0) is 22.9. The zero-order valence-corrected chi connectivity index (χ0v) is 19.0. The Kier molecular flexibility index (Phi) is 7.57. The monoisotopic (exact) mass is 452 g/mol. The molecule has 0 radical (unpaired) electrons. The lowest BCUT2D eigenvalue weighted by Gasteiger charge is -2.13. The second-order valence-corrected chi connectivity index (χ2v) is 8.38. The SMILES string of the molecule is N#CCCNC(=O)CSc1nc(-c2ccccc2)c(-c2ccccc2)n1Cc1ccccc1. The third-order valence-corrected chi connectivity index (χ3v) is 6.08. The molecule has 6 heteroatoms. The number of aromatic nitrogens is 2. The molecule has 0 spiro atoms. The molecule has 0 bridgehead atoms. The van der Waals surface area contributed by atoms with Crippen molar-refractivity contribution in [2.24, 2.45) is 0 Å². The van der Waals surface area contributed by atoms with Crippen LogP contribution in [-0.2, 0) is 11.3 Å². The standard InChI is InChI=1S/C27H24N4OS/c28-17-10-18-29-24(32)20-33-27-30-25(22-13-6-2-7-14-22)26(23-15-8-3-9-16-23)31(27)19-21-11-4-1-5-12-21/h1-9,11-16H,10,18-20H2,(H,29,32). The molecule has 4 rings (SSSR count). The maximum absolute atomic E-state index is 12.3. The number of carbonyl (C=O) groups is 1. The van der Waals surface area contributed by atoms with Gasteiger partial charge in [-0.1, -0.05) is 103 Å². The van der Waals surface area contributed by atoms with E-state index in [2.05, 4.69) is 46.3 Å². The van der Waals surface area contributed by atoms with Gasteiger partial charge in [-0.05, 0) is 5.56 Å². The fourth-order valence-electron chi connectivity index (χ4n) is 3.58. The molecule has 33 heavy (non-hydrogen) atoms. The van der Waals surface area contributed by atoms with Crippen molar-refractivity contribution in [1.82, 2.24) is 14.9 Å². The second kappa shape index (κ2) is 11.2. The molecule has 5 nitrogen and oxygen atoms in total. The minimum atomic E-state index is -0.105. The van der Waals surface area contributed by atoms with Crippen LogP contribution in [0.3, 0.4) is 0 Å². The Hall–Kier alpha value is -3.82. The lowest BCUT2D eigenvalue weighted by atomic mass is 10.0. The van der Waals surface area contributed by atoms with E-state index in [4.69, 9.17) is 10.2 Å². The van der Waals surface area contributed by atoms with Crippen molar-refractivity contribution in [3.8, 4) is 28.6 Å². The number of rotatable bonds is 9. The van der Waals surface area contributed by atoms with Crippen LogP contribution in [0, 0.1) is 11.3 Å². The summed E-state index contributed by atoms with van der Waals surface area (Å²) in [6.45, 7) is 1.00. The first kappa shape index (κ1) is 22.4. The average molecular weight is 453 g/mol. The molecule has 164 valence electrons. The van der Waals surface area contributed by atoms with E-state index >= 15 is 0 Å². The van der Waals surface area contributed by atoms with E-state index in [1.165, 1.54) is 11.8 Å².